The summed E-state index contributed by atoms with van der Waals surface area (Å²) in [4.78, 5) is 0. The predicted molar refractivity (Wildman–Crippen MR) is 54.2 cm³/mol. The van der Waals surface area contributed by atoms with Crippen LogP contribution in [0.2, 0.25) is 0 Å². The van der Waals surface area contributed by atoms with Crippen LogP contribution in [0.4, 0.5) is 0 Å². The third kappa shape index (κ3) is 1.41. The van der Waals surface area contributed by atoms with Gasteiger partial charge in [-0.25, -0.2) is 0 Å². The van der Waals surface area contributed by atoms with Gasteiger partial charge >= 0.3 is 0 Å². The fraction of sp³-hybridized carbons (Fsp3) is 0.400. The summed E-state index contributed by atoms with van der Waals surface area (Å²) in [7, 11) is 0. The van der Waals surface area contributed by atoms with Gasteiger partial charge in [0.2, 0.25) is 0 Å². The normalized spacial score (nSPS) is 27.2. The first-order valence-electron chi connectivity index (χ1n) is 4.20. The Morgan fingerprint density at radius 2 is 2.17 bits per heavy atom. The predicted octanol–water partition coefficient (Wildman–Crippen LogP) is 2.57. The minimum absolute atomic E-state index is 0.392. The Labute approximate surface area is 81.1 Å². The summed E-state index contributed by atoms with van der Waals surface area (Å²) in [5.74, 6) is 0.597. The number of hydrogen-bond donors (Lipinski definition) is 1. The monoisotopic (exact) mass is 225 g/mol. The first-order valence-corrected chi connectivity index (χ1v) is 4.99. The molecule has 2 unspecified atom stereocenters. The number of aryl methyl sites for hydroxylation is 1. The maximum Gasteiger partial charge on any atom is 0.0210 e. The van der Waals surface area contributed by atoms with Crippen LogP contribution in [0.15, 0.2) is 22.7 Å². The van der Waals surface area contributed by atoms with Gasteiger partial charge < -0.3 is 5.73 Å². The zero-order chi connectivity index (χ0) is 8.72. The van der Waals surface area contributed by atoms with E-state index in [0.29, 0.717) is 12.0 Å². The molecule has 2 N–H and O–H groups in total. The highest BCUT2D eigenvalue weighted by Gasteiger charge is 2.35. The SMILES string of the molecule is Cc1ccc(Br)c(C2CC2N)c1. The van der Waals surface area contributed by atoms with Crippen molar-refractivity contribution < 1.29 is 0 Å². The summed E-state index contributed by atoms with van der Waals surface area (Å²) in [6.45, 7) is 2.11. The number of rotatable bonds is 1. The summed E-state index contributed by atoms with van der Waals surface area (Å²) >= 11 is 3.54. The standard InChI is InChI=1S/C10H12BrN/c1-6-2-3-9(11)7(4-6)8-5-10(8)12/h2-4,8,10H,5,12H2,1H3. The van der Waals surface area contributed by atoms with Crippen LogP contribution in [-0.4, -0.2) is 6.04 Å². The van der Waals surface area contributed by atoms with Gasteiger partial charge in [0.15, 0.2) is 0 Å². The van der Waals surface area contributed by atoms with E-state index < -0.39 is 0 Å². The molecule has 2 rings (SSSR count). The molecular weight excluding hydrogens is 214 g/mol. The van der Waals surface area contributed by atoms with Crippen LogP contribution < -0.4 is 5.73 Å². The second-order valence-corrected chi connectivity index (χ2v) is 4.39. The lowest BCUT2D eigenvalue weighted by molar-refractivity contribution is 0.983. The molecule has 0 aliphatic heterocycles. The molecule has 64 valence electrons. The Morgan fingerprint density at radius 3 is 2.75 bits per heavy atom. The molecule has 0 saturated heterocycles. The molecule has 12 heavy (non-hydrogen) atoms. The number of halogens is 1. The highest BCUT2D eigenvalue weighted by molar-refractivity contribution is 9.10. The van der Waals surface area contributed by atoms with E-state index in [1.54, 1.807) is 0 Å². The van der Waals surface area contributed by atoms with Crippen molar-refractivity contribution in [3.63, 3.8) is 0 Å². The van der Waals surface area contributed by atoms with Crippen LogP contribution in [-0.2, 0) is 0 Å². The van der Waals surface area contributed by atoms with Gasteiger partial charge in [-0.15, -0.1) is 0 Å². The minimum Gasteiger partial charge on any atom is -0.327 e. The van der Waals surface area contributed by atoms with Gasteiger partial charge in [0.25, 0.3) is 0 Å². The van der Waals surface area contributed by atoms with E-state index in [2.05, 4.69) is 41.1 Å². The Hall–Kier alpha value is -0.340. The van der Waals surface area contributed by atoms with Crippen molar-refractivity contribution >= 4 is 15.9 Å². The minimum atomic E-state index is 0.392. The molecule has 2 atom stereocenters. The molecule has 0 amide bonds. The van der Waals surface area contributed by atoms with Crippen molar-refractivity contribution in [3.05, 3.63) is 33.8 Å². The fourth-order valence-electron chi connectivity index (χ4n) is 1.52. The van der Waals surface area contributed by atoms with E-state index in [-0.39, 0.29) is 0 Å². The summed E-state index contributed by atoms with van der Waals surface area (Å²) < 4.78 is 1.20. The Kier molecular flexibility index (Phi) is 1.97. The molecule has 1 nitrogen and oxygen atoms in total. The highest BCUT2D eigenvalue weighted by atomic mass is 79.9. The van der Waals surface area contributed by atoms with E-state index in [9.17, 15) is 0 Å². The average molecular weight is 226 g/mol. The van der Waals surface area contributed by atoms with Crippen molar-refractivity contribution in [1.82, 2.24) is 0 Å². The lowest BCUT2D eigenvalue weighted by Crippen LogP contribution is -2.01. The van der Waals surface area contributed by atoms with Crippen molar-refractivity contribution in [2.75, 3.05) is 0 Å². The summed E-state index contributed by atoms with van der Waals surface area (Å²) in [5, 5.41) is 0. The number of nitrogens with two attached hydrogens (primary N) is 1. The quantitative estimate of drug-likeness (QED) is 0.782. The van der Waals surface area contributed by atoms with Gasteiger partial charge in [-0.2, -0.15) is 0 Å². The van der Waals surface area contributed by atoms with Crippen LogP contribution in [0.3, 0.4) is 0 Å². The van der Waals surface area contributed by atoms with E-state index in [4.69, 9.17) is 5.73 Å². The van der Waals surface area contributed by atoms with E-state index in [0.717, 1.165) is 6.42 Å². The fourth-order valence-corrected chi connectivity index (χ4v) is 2.06. The molecule has 0 bridgehead atoms. The van der Waals surface area contributed by atoms with Crippen molar-refractivity contribution in [2.24, 2.45) is 5.73 Å². The van der Waals surface area contributed by atoms with Gasteiger partial charge in [-0.1, -0.05) is 33.6 Å². The van der Waals surface area contributed by atoms with Gasteiger partial charge in [-0.3, -0.25) is 0 Å². The third-order valence-corrected chi connectivity index (χ3v) is 3.11. The van der Waals surface area contributed by atoms with Crippen molar-refractivity contribution in [2.45, 2.75) is 25.3 Å². The summed E-state index contributed by atoms with van der Waals surface area (Å²) in [6, 6.07) is 6.84. The molecule has 1 aromatic carbocycles. The molecule has 0 radical (unpaired) electrons. The average Bonchev–Trinajstić information content (AvgIpc) is 2.73. The lowest BCUT2D eigenvalue weighted by atomic mass is 10.1. The Bertz CT molecular complexity index is 309. The molecule has 1 saturated carbocycles. The Balaban J connectivity index is 2.36. The van der Waals surface area contributed by atoms with E-state index >= 15 is 0 Å². The molecule has 0 heterocycles. The van der Waals surface area contributed by atoms with Crippen LogP contribution >= 0.6 is 15.9 Å². The van der Waals surface area contributed by atoms with Crippen LogP contribution in [0.25, 0.3) is 0 Å². The van der Waals surface area contributed by atoms with E-state index in [1.807, 2.05) is 0 Å². The van der Waals surface area contributed by atoms with Gasteiger partial charge in [0.05, 0.1) is 0 Å². The lowest BCUT2D eigenvalue weighted by Gasteiger charge is -2.03. The Morgan fingerprint density at radius 1 is 1.50 bits per heavy atom. The van der Waals surface area contributed by atoms with Gasteiger partial charge in [0, 0.05) is 16.4 Å². The van der Waals surface area contributed by atoms with Gasteiger partial charge in [-0.05, 0) is 25.0 Å². The van der Waals surface area contributed by atoms with Crippen LogP contribution in [0, 0.1) is 6.92 Å². The largest absolute Gasteiger partial charge is 0.327 e. The van der Waals surface area contributed by atoms with Crippen LogP contribution in [0.5, 0.6) is 0 Å². The molecule has 1 aliphatic carbocycles. The smallest absolute Gasteiger partial charge is 0.0210 e. The zero-order valence-corrected chi connectivity index (χ0v) is 8.64. The molecule has 2 heteroatoms. The number of benzene rings is 1. The molecule has 0 aromatic heterocycles. The second-order valence-electron chi connectivity index (χ2n) is 3.53. The molecule has 1 aromatic rings. The third-order valence-electron chi connectivity index (χ3n) is 2.39. The maximum absolute atomic E-state index is 5.80. The first-order chi connectivity index (χ1) is 5.68. The van der Waals surface area contributed by atoms with Crippen molar-refractivity contribution in [1.29, 1.82) is 0 Å². The highest BCUT2D eigenvalue weighted by Crippen LogP contribution is 2.42. The topological polar surface area (TPSA) is 26.0 Å². The molecule has 1 fully saturated rings. The van der Waals surface area contributed by atoms with Crippen LogP contribution in [0.1, 0.15) is 23.5 Å². The van der Waals surface area contributed by atoms with Gasteiger partial charge in [0.1, 0.15) is 0 Å². The van der Waals surface area contributed by atoms with E-state index in [1.165, 1.54) is 15.6 Å². The van der Waals surface area contributed by atoms with Crippen molar-refractivity contribution in [3.8, 4) is 0 Å². The molecular formula is C10H12BrN. The molecule has 1 aliphatic rings. The second kappa shape index (κ2) is 2.86. The first kappa shape index (κ1) is 8.27. The maximum atomic E-state index is 5.80. The number of hydrogen-bond acceptors (Lipinski definition) is 1. The summed E-state index contributed by atoms with van der Waals surface area (Å²) in [5.41, 5.74) is 8.49. The molecule has 0 spiro atoms. The summed E-state index contributed by atoms with van der Waals surface area (Å²) in [6.07, 6.45) is 1.14. The zero-order valence-electron chi connectivity index (χ0n) is 7.05.